The molecular formula is C29H23F4N5O2. The number of nitrogens with zero attached hydrogens (tertiary/aromatic N) is 3. The first-order valence-electron chi connectivity index (χ1n) is 12.3. The third kappa shape index (κ3) is 4.75. The van der Waals surface area contributed by atoms with Crippen molar-refractivity contribution in [3.05, 3.63) is 112 Å². The molecule has 204 valence electrons. The fourth-order valence-corrected chi connectivity index (χ4v) is 4.65. The van der Waals surface area contributed by atoms with Crippen molar-refractivity contribution in [2.45, 2.75) is 26.2 Å². The van der Waals surface area contributed by atoms with Crippen molar-refractivity contribution in [2.75, 3.05) is 5.32 Å². The zero-order chi connectivity index (χ0) is 28.6. The summed E-state index contributed by atoms with van der Waals surface area (Å²) in [6, 6.07) is 18.2. The molecular weight excluding hydrogens is 526 g/mol. The molecule has 0 atom stereocenters. The maximum absolute atomic E-state index is 14.0. The molecule has 7 nitrogen and oxygen atoms in total. The number of carbonyl (C=O) groups is 1. The molecule has 0 saturated heterocycles. The first-order chi connectivity index (χ1) is 19.1. The van der Waals surface area contributed by atoms with E-state index >= 15 is 0 Å². The van der Waals surface area contributed by atoms with Crippen LogP contribution in [0.2, 0.25) is 0 Å². The highest BCUT2D eigenvalue weighted by molar-refractivity contribution is 6.10. The number of benzene rings is 3. The van der Waals surface area contributed by atoms with Gasteiger partial charge in [0.05, 0.1) is 22.3 Å². The third-order valence-electron chi connectivity index (χ3n) is 6.48. The Balaban J connectivity index is 1.81. The van der Waals surface area contributed by atoms with Crippen LogP contribution < -0.4 is 16.6 Å². The maximum Gasteiger partial charge on any atom is 0.416 e. The topological polar surface area (TPSA) is 94.9 Å². The highest BCUT2D eigenvalue weighted by Crippen LogP contribution is 2.37. The normalized spacial score (nSPS) is 11.7. The lowest BCUT2D eigenvalue weighted by molar-refractivity contribution is -0.137. The van der Waals surface area contributed by atoms with Crippen LogP contribution in [0.3, 0.4) is 0 Å². The highest BCUT2D eigenvalue weighted by Gasteiger charge is 2.31. The molecule has 0 unspecified atom stereocenters. The molecule has 0 fully saturated rings. The monoisotopic (exact) mass is 549 g/mol. The van der Waals surface area contributed by atoms with E-state index in [0.29, 0.717) is 34.0 Å². The second kappa shape index (κ2) is 10.4. The van der Waals surface area contributed by atoms with Crippen LogP contribution in [0.4, 0.5) is 23.2 Å². The lowest BCUT2D eigenvalue weighted by Crippen LogP contribution is -2.28. The van der Waals surface area contributed by atoms with Crippen molar-refractivity contribution < 1.29 is 22.4 Å². The molecule has 5 aromatic rings. The molecule has 5 rings (SSSR count). The van der Waals surface area contributed by atoms with Gasteiger partial charge in [-0.25, -0.2) is 9.07 Å². The van der Waals surface area contributed by atoms with Gasteiger partial charge >= 0.3 is 6.18 Å². The maximum atomic E-state index is 14.0. The van der Waals surface area contributed by atoms with Crippen LogP contribution in [0.5, 0.6) is 0 Å². The van der Waals surface area contributed by atoms with Crippen LogP contribution in [-0.4, -0.2) is 20.3 Å². The molecule has 0 aliphatic heterocycles. The Morgan fingerprint density at radius 1 is 1.00 bits per heavy atom. The summed E-state index contributed by atoms with van der Waals surface area (Å²) in [6.45, 7) is 1.88. The Kier molecular flexibility index (Phi) is 6.99. The van der Waals surface area contributed by atoms with Gasteiger partial charge in [0.25, 0.3) is 11.5 Å². The van der Waals surface area contributed by atoms with Gasteiger partial charge in [-0.05, 0) is 55.0 Å². The van der Waals surface area contributed by atoms with E-state index in [1.54, 1.807) is 23.7 Å². The number of amides is 1. The predicted molar refractivity (Wildman–Crippen MR) is 144 cm³/mol. The van der Waals surface area contributed by atoms with Crippen LogP contribution in [-0.2, 0) is 19.3 Å². The number of anilines is 1. The lowest BCUT2D eigenvalue weighted by Gasteiger charge is -2.18. The Bertz CT molecular complexity index is 1780. The van der Waals surface area contributed by atoms with E-state index in [2.05, 4.69) is 10.4 Å². The summed E-state index contributed by atoms with van der Waals surface area (Å²) in [6.07, 6.45) is -4.66. The quantitative estimate of drug-likeness (QED) is 0.264. The van der Waals surface area contributed by atoms with Crippen LogP contribution in [0, 0.1) is 5.82 Å². The Morgan fingerprint density at radius 3 is 2.33 bits per heavy atom. The molecule has 2 aromatic heterocycles. The van der Waals surface area contributed by atoms with Crippen molar-refractivity contribution in [3.8, 4) is 16.8 Å². The number of halogens is 4. The zero-order valence-electron chi connectivity index (χ0n) is 21.2. The van der Waals surface area contributed by atoms with E-state index in [1.807, 2.05) is 18.2 Å². The van der Waals surface area contributed by atoms with Gasteiger partial charge in [-0.2, -0.15) is 18.3 Å². The average Bonchev–Trinajstić information content (AvgIpc) is 3.33. The van der Waals surface area contributed by atoms with Gasteiger partial charge in [-0.15, -0.1) is 0 Å². The van der Waals surface area contributed by atoms with Gasteiger partial charge in [-0.3, -0.25) is 14.2 Å². The first-order valence-corrected chi connectivity index (χ1v) is 12.3. The van der Waals surface area contributed by atoms with Gasteiger partial charge in [0, 0.05) is 24.2 Å². The predicted octanol–water partition coefficient (Wildman–Crippen LogP) is 5.74. The van der Waals surface area contributed by atoms with E-state index in [0.717, 1.165) is 12.1 Å². The molecule has 0 radical (unpaired) electrons. The smallest absolute Gasteiger partial charge is 0.325 e. The number of rotatable bonds is 6. The van der Waals surface area contributed by atoms with Crippen molar-refractivity contribution in [2.24, 2.45) is 5.73 Å². The van der Waals surface area contributed by atoms with Gasteiger partial charge in [-0.1, -0.05) is 36.4 Å². The number of aromatic nitrogens is 3. The van der Waals surface area contributed by atoms with Crippen molar-refractivity contribution in [1.29, 1.82) is 0 Å². The number of hydrogen-bond acceptors (Lipinski definition) is 4. The SMILES string of the molecule is CCn1c(=O)c(NC(=O)c2cccc(C(F)(F)F)c2)c(-c2ccc(F)cc2)c2c(CN)nn(-c3ccccc3)c21. The fraction of sp³-hybridized carbons (Fsp3) is 0.138. The molecule has 3 N–H and O–H groups in total. The number of carbonyl (C=O) groups excluding carboxylic acids is 1. The van der Waals surface area contributed by atoms with Gasteiger partial charge in [0.1, 0.15) is 17.2 Å². The zero-order valence-corrected chi connectivity index (χ0v) is 21.2. The largest absolute Gasteiger partial charge is 0.416 e. The highest BCUT2D eigenvalue weighted by atomic mass is 19.4. The van der Waals surface area contributed by atoms with E-state index in [1.165, 1.54) is 34.9 Å². The molecule has 0 saturated carbocycles. The van der Waals surface area contributed by atoms with Gasteiger partial charge < -0.3 is 11.1 Å². The Morgan fingerprint density at radius 2 is 1.70 bits per heavy atom. The second-order valence-electron chi connectivity index (χ2n) is 8.94. The lowest BCUT2D eigenvalue weighted by atomic mass is 9.99. The van der Waals surface area contributed by atoms with Crippen LogP contribution in [0.25, 0.3) is 27.8 Å². The Hall–Kier alpha value is -4.77. The summed E-state index contributed by atoms with van der Waals surface area (Å²) in [7, 11) is 0. The first kappa shape index (κ1) is 26.8. The molecule has 2 heterocycles. The number of fused-ring (bicyclic) bond motifs is 1. The van der Waals surface area contributed by atoms with Gasteiger partial charge in [0.2, 0.25) is 0 Å². The van der Waals surface area contributed by atoms with Crippen LogP contribution >= 0.6 is 0 Å². The number of nitrogens with two attached hydrogens (primary N) is 1. The number of nitrogens with one attached hydrogen (secondary N) is 1. The molecule has 1 amide bonds. The van der Waals surface area contributed by atoms with Crippen molar-refractivity contribution >= 4 is 22.6 Å². The molecule has 11 heteroatoms. The van der Waals surface area contributed by atoms with Crippen molar-refractivity contribution in [3.63, 3.8) is 0 Å². The summed E-state index contributed by atoms with van der Waals surface area (Å²) in [5, 5.41) is 7.65. The molecule has 0 aliphatic carbocycles. The minimum atomic E-state index is -4.66. The average molecular weight is 550 g/mol. The summed E-state index contributed by atoms with van der Waals surface area (Å²) in [4.78, 5) is 27.2. The van der Waals surface area contributed by atoms with E-state index in [9.17, 15) is 27.2 Å². The van der Waals surface area contributed by atoms with Gasteiger partial charge in [0.15, 0.2) is 0 Å². The number of alkyl halides is 3. The molecule has 0 bridgehead atoms. The molecule has 0 spiro atoms. The van der Waals surface area contributed by atoms with Crippen LogP contribution in [0.1, 0.15) is 28.5 Å². The summed E-state index contributed by atoms with van der Waals surface area (Å²) in [5.74, 6) is -1.44. The van der Waals surface area contributed by atoms with E-state index in [-0.39, 0.29) is 29.9 Å². The summed E-state index contributed by atoms with van der Waals surface area (Å²) < 4.78 is 56.8. The second-order valence-corrected chi connectivity index (χ2v) is 8.94. The van der Waals surface area contributed by atoms with Crippen LogP contribution in [0.15, 0.2) is 83.7 Å². The fourth-order valence-electron chi connectivity index (χ4n) is 4.65. The summed E-state index contributed by atoms with van der Waals surface area (Å²) >= 11 is 0. The van der Waals surface area contributed by atoms with E-state index < -0.39 is 29.0 Å². The third-order valence-corrected chi connectivity index (χ3v) is 6.48. The number of aryl methyl sites for hydroxylation is 1. The van der Waals surface area contributed by atoms with E-state index in [4.69, 9.17) is 5.73 Å². The molecule has 0 aliphatic rings. The minimum absolute atomic E-state index is 0.0343. The Labute approximate surface area is 225 Å². The van der Waals surface area contributed by atoms with Crippen molar-refractivity contribution in [1.82, 2.24) is 14.3 Å². The number of para-hydroxylation sites is 1. The molecule has 40 heavy (non-hydrogen) atoms. The number of pyridine rings is 1. The summed E-state index contributed by atoms with van der Waals surface area (Å²) in [5.41, 5.74) is 6.05. The minimum Gasteiger partial charge on any atom is -0.325 e. The molecule has 3 aromatic carbocycles. The standard InChI is InChI=1S/C29H23F4N5O2/c1-2-37-27-24(22(16-34)36-38(27)21-9-4-3-5-10-21)23(17-11-13-20(30)14-12-17)25(28(37)40)35-26(39)18-7-6-8-19(15-18)29(31,32)33/h3-15H,2,16,34H2,1H3,(H,35,39). The number of hydrogen-bond donors (Lipinski definition) is 2.